The second-order valence-electron chi connectivity index (χ2n) is 7.63. The zero-order chi connectivity index (χ0) is 24.1. The molecular weight excluding hydrogens is 424 g/mol. The predicted molar refractivity (Wildman–Crippen MR) is 124 cm³/mol. The van der Waals surface area contributed by atoms with Crippen LogP contribution < -0.4 is 9.47 Å². The molecule has 0 aliphatic heterocycles. The van der Waals surface area contributed by atoms with Gasteiger partial charge in [-0.3, -0.25) is 9.59 Å². The average Bonchev–Trinajstić information content (AvgIpc) is 2.82. The summed E-state index contributed by atoms with van der Waals surface area (Å²) in [5, 5.41) is 0. The maximum absolute atomic E-state index is 11.1. The minimum absolute atomic E-state index is 0.249. The first-order valence-corrected chi connectivity index (χ1v) is 11.1. The molecule has 0 aromatic heterocycles. The summed E-state index contributed by atoms with van der Waals surface area (Å²) in [6.07, 6.45) is 2.12. The summed E-state index contributed by atoms with van der Waals surface area (Å²) < 4.78 is 27.7. The SMILES string of the molecule is COc1cccc(C(CCCOC(C)=O)OC(CCCOC(C)=O)c2cccc(OC)c2)c1. The van der Waals surface area contributed by atoms with Gasteiger partial charge in [-0.05, 0) is 61.1 Å². The Hall–Kier alpha value is -3.06. The molecule has 2 unspecified atom stereocenters. The number of methoxy groups -OCH3 is 2. The van der Waals surface area contributed by atoms with E-state index in [4.69, 9.17) is 23.7 Å². The summed E-state index contributed by atoms with van der Waals surface area (Å²) in [6, 6.07) is 15.5. The van der Waals surface area contributed by atoms with Gasteiger partial charge in [0.15, 0.2) is 0 Å². The second kappa shape index (κ2) is 14.2. The highest BCUT2D eigenvalue weighted by Gasteiger charge is 2.21. The summed E-state index contributed by atoms with van der Waals surface area (Å²) in [6.45, 7) is 3.46. The van der Waals surface area contributed by atoms with Crippen LogP contribution in [0.2, 0.25) is 0 Å². The van der Waals surface area contributed by atoms with E-state index < -0.39 is 0 Å². The normalized spacial score (nSPS) is 12.5. The Balaban J connectivity index is 2.24. The molecule has 0 saturated carbocycles. The highest BCUT2D eigenvalue weighted by Crippen LogP contribution is 2.35. The van der Waals surface area contributed by atoms with Gasteiger partial charge in [-0.25, -0.2) is 0 Å². The lowest BCUT2D eigenvalue weighted by Crippen LogP contribution is -2.14. The van der Waals surface area contributed by atoms with Crippen molar-refractivity contribution in [2.24, 2.45) is 0 Å². The van der Waals surface area contributed by atoms with E-state index in [1.54, 1.807) is 14.2 Å². The van der Waals surface area contributed by atoms with Gasteiger partial charge in [0.2, 0.25) is 0 Å². The topological polar surface area (TPSA) is 80.3 Å². The summed E-state index contributed by atoms with van der Waals surface area (Å²) in [4.78, 5) is 22.3. The molecule has 0 amide bonds. The lowest BCUT2D eigenvalue weighted by atomic mass is 10.0. The molecule has 0 N–H and O–H groups in total. The summed E-state index contributed by atoms with van der Waals surface area (Å²) >= 11 is 0. The molecule has 180 valence electrons. The molecule has 0 aliphatic carbocycles. The van der Waals surface area contributed by atoms with Crippen LogP contribution in [0.25, 0.3) is 0 Å². The largest absolute Gasteiger partial charge is 0.497 e. The van der Waals surface area contributed by atoms with Crippen molar-refractivity contribution in [3.05, 3.63) is 59.7 Å². The zero-order valence-corrected chi connectivity index (χ0v) is 19.9. The van der Waals surface area contributed by atoms with Crippen molar-refractivity contribution in [1.29, 1.82) is 0 Å². The number of carbonyl (C=O) groups is 2. The van der Waals surface area contributed by atoms with Crippen LogP contribution in [-0.2, 0) is 23.8 Å². The van der Waals surface area contributed by atoms with E-state index in [1.165, 1.54) is 13.8 Å². The van der Waals surface area contributed by atoms with Gasteiger partial charge in [0, 0.05) is 13.8 Å². The molecule has 7 heteroatoms. The van der Waals surface area contributed by atoms with Gasteiger partial charge in [0.05, 0.1) is 39.6 Å². The van der Waals surface area contributed by atoms with Crippen molar-refractivity contribution in [3.63, 3.8) is 0 Å². The van der Waals surface area contributed by atoms with E-state index in [0.29, 0.717) is 38.9 Å². The number of rotatable bonds is 14. The lowest BCUT2D eigenvalue weighted by Gasteiger charge is -2.26. The third kappa shape index (κ3) is 9.53. The number of carbonyl (C=O) groups excluding carboxylic acids is 2. The van der Waals surface area contributed by atoms with Crippen molar-refractivity contribution in [2.45, 2.75) is 51.7 Å². The fraction of sp³-hybridized carbons (Fsp3) is 0.462. The van der Waals surface area contributed by atoms with E-state index in [9.17, 15) is 9.59 Å². The number of esters is 2. The third-order valence-electron chi connectivity index (χ3n) is 5.09. The molecule has 0 heterocycles. The van der Waals surface area contributed by atoms with E-state index in [-0.39, 0.29) is 24.1 Å². The molecule has 0 bridgehead atoms. The molecular formula is C26H34O7. The van der Waals surface area contributed by atoms with Crippen LogP contribution in [0.3, 0.4) is 0 Å². The van der Waals surface area contributed by atoms with Crippen molar-refractivity contribution in [2.75, 3.05) is 27.4 Å². The minimum atomic E-state index is -0.298. The molecule has 0 saturated heterocycles. The van der Waals surface area contributed by atoms with Crippen LogP contribution >= 0.6 is 0 Å². The highest BCUT2D eigenvalue weighted by atomic mass is 16.5. The number of hydrogen-bond donors (Lipinski definition) is 0. The number of ether oxygens (including phenoxy) is 5. The minimum Gasteiger partial charge on any atom is -0.497 e. The number of benzene rings is 2. The van der Waals surface area contributed by atoms with Crippen LogP contribution in [0.15, 0.2) is 48.5 Å². The molecule has 2 atom stereocenters. The van der Waals surface area contributed by atoms with Gasteiger partial charge in [0.25, 0.3) is 0 Å². The van der Waals surface area contributed by atoms with Crippen LogP contribution in [-0.4, -0.2) is 39.4 Å². The Morgan fingerprint density at radius 1 is 0.727 bits per heavy atom. The van der Waals surface area contributed by atoms with Gasteiger partial charge >= 0.3 is 11.9 Å². The van der Waals surface area contributed by atoms with Crippen molar-refractivity contribution < 1.29 is 33.3 Å². The smallest absolute Gasteiger partial charge is 0.302 e. The van der Waals surface area contributed by atoms with Crippen LogP contribution in [0.5, 0.6) is 11.5 Å². The third-order valence-corrected chi connectivity index (χ3v) is 5.09. The number of hydrogen-bond acceptors (Lipinski definition) is 7. The summed E-state index contributed by atoms with van der Waals surface area (Å²) in [5.74, 6) is 0.893. The maximum atomic E-state index is 11.1. The first kappa shape index (κ1) is 26.2. The molecule has 0 radical (unpaired) electrons. The monoisotopic (exact) mass is 458 g/mol. The first-order valence-electron chi connectivity index (χ1n) is 11.1. The fourth-order valence-electron chi connectivity index (χ4n) is 3.48. The Kier molecular flexibility index (Phi) is 11.2. The standard InChI is InChI=1S/C26H34O7/c1-19(27)31-15-7-13-25(21-9-5-11-23(17-21)29-3)33-26(14-8-16-32-20(2)28)22-10-6-12-24(18-22)30-4/h5-6,9-12,17-18,25-26H,7-8,13-16H2,1-4H3. The second-order valence-corrected chi connectivity index (χ2v) is 7.63. The first-order chi connectivity index (χ1) is 15.9. The molecule has 33 heavy (non-hydrogen) atoms. The van der Waals surface area contributed by atoms with Crippen LogP contribution in [0.1, 0.15) is 62.9 Å². The quantitative estimate of drug-likeness (QED) is 0.285. The van der Waals surface area contributed by atoms with Crippen molar-refractivity contribution in [1.82, 2.24) is 0 Å². The Morgan fingerprint density at radius 3 is 1.52 bits per heavy atom. The molecule has 2 aromatic rings. The Labute approximate surface area is 195 Å². The van der Waals surface area contributed by atoms with E-state index in [0.717, 1.165) is 22.6 Å². The van der Waals surface area contributed by atoms with Crippen LogP contribution in [0, 0.1) is 0 Å². The Morgan fingerprint density at radius 2 is 1.15 bits per heavy atom. The predicted octanol–water partition coefficient (Wildman–Crippen LogP) is 5.19. The molecule has 0 aliphatic rings. The molecule has 2 aromatic carbocycles. The fourth-order valence-corrected chi connectivity index (χ4v) is 3.48. The maximum Gasteiger partial charge on any atom is 0.302 e. The summed E-state index contributed by atoms with van der Waals surface area (Å²) in [5.41, 5.74) is 1.95. The summed E-state index contributed by atoms with van der Waals surface area (Å²) in [7, 11) is 3.26. The van der Waals surface area contributed by atoms with Gasteiger partial charge < -0.3 is 23.7 Å². The Bertz CT molecular complexity index is 809. The van der Waals surface area contributed by atoms with Gasteiger partial charge in [-0.1, -0.05) is 24.3 Å². The lowest BCUT2D eigenvalue weighted by molar-refractivity contribution is -0.142. The molecule has 2 rings (SSSR count). The van der Waals surface area contributed by atoms with Gasteiger partial charge in [-0.15, -0.1) is 0 Å². The van der Waals surface area contributed by atoms with Crippen LogP contribution in [0.4, 0.5) is 0 Å². The van der Waals surface area contributed by atoms with Crippen molar-refractivity contribution in [3.8, 4) is 11.5 Å². The van der Waals surface area contributed by atoms with Gasteiger partial charge in [0.1, 0.15) is 11.5 Å². The molecule has 0 fully saturated rings. The van der Waals surface area contributed by atoms with Crippen molar-refractivity contribution >= 4 is 11.9 Å². The highest BCUT2D eigenvalue weighted by molar-refractivity contribution is 5.66. The molecule has 7 nitrogen and oxygen atoms in total. The van der Waals surface area contributed by atoms with E-state index in [2.05, 4.69) is 0 Å². The average molecular weight is 459 g/mol. The van der Waals surface area contributed by atoms with Gasteiger partial charge in [-0.2, -0.15) is 0 Å². The zero-order valence-electron chi connectivity index (χ0n) is 19.9. The van der Waals surface area contributed by atoms with E-state index in [1.807, 2.05) is 48.5 Å². The molecule has 0 spiro atoms. The van der Waals surface area contributed by atoms with E-state index >= 15 is 0 Å².